The third-order valence-electron chi connectivity index (χ3n) is 6.19. The van der Waals surface area contributed by atoms with Crippen molar-refractivity contribution in [3.63, 3.8) is 0 Å². The zero-order valence-electron chi connectivity index (χ0n) is 14.8. The van der Waals surface area contributed by atoms with E-state index in [1.807, 2.05) is 0 Å². The highest BCUT2D eigenvalue weighted by Crippen LogP contribution is 2.43. The number of piperidine rings is 2. The molecule has 1 spiro atoms. The molecule has 6 nitrogen and oxygen atoms in total. The molecule has 3 fully saturated rings. The summed E-state index contributed by atoms with van der Waals surface area (Å²) >= 11 is 6.24. The van der Waals surface area contributed by atoms with Crippen LogP contribution in [0.1, 0.15) is 32.1 Å². The van der Waals surface area contributed by atoms with E-state index >= 15 is 0 Å². The molecule has 1 aromatic rings. The summed E-state index contributed by atoms with van der Waals surface area (Å²) in [5.74, 6) is 1.07. The van der Waals surface area contributed by atoms with Crippen molar-refractivity contribution < 1.29 is 4.79 Å². The molecule has 0 bridgehead atoms. The van der Waals surface area contributed by atoms with E-state index in [0.717, 1.165) is 58.3 Å². The lowest BCUT2D eigenvalue weighted by atomic mass is 9.78. The minimum absolute atomic E-state index is 0.261. The van der Waals surface area contributed by atoms with E-state index in [2.05, 4.69) is 31.7 Å². The average molecular weight is 364 g/mol. The van der Waals surface area contributed by atoms with Crippen LogP contribution in [-0.2, 0) is 4.79 Å². The van der Waals surface area contributed by atoms with Crippen LogP contribution in [0.25, 0.3) is 0 Å². The third kappa shape index (κ3) is 3.10. The van der Waals surface area contributed by atoms with E-state index < -0.39 is 0 Å². The molecule has 3 aliphatic rings. The first kappa shape index (κ1) is 17.0. The molecule has 1 unspecified atom stereocenters. The molecule has 0 radical (unpaired) electrons. The number of aromatic nitrogens is 2. The van der Waals surface area contributed by atoms with E-state index in [0.29, 0.717) is 29.5 Å². The highest BCUT2D eigenvalue weighted by Gasteiger charge is 2.50. The van der Waals surface area contributed by atoms with Gasteiger partial charge in [-0.05, 0) is 52.2 Å². The second-order valence-electron chi connectivity index (χ2n) is 7.76. The van der Waals surface area contributed by atoms with Crippen molar-refractivity contribution in [2.75, 3.05) is 44.7 Å². The number of amides is 1. The molecule has 1 amide bonds. The van der Waals surface area contributed by atoms with Gasteiger partial charge in [0.15, 0.2) is 11.0 Å². The number of carbonyl (C=O) groups excluding carboxylic acids is 1. The maximum atomic E-state index is 13.3. The largest absolute Gasteiger partial charge is 0.353 e. The van der Waals surface area contributed by atoms with Gasteiger partial charge in [0.05, 0.1) is 5.41 Å². The van der Waals surface area contributed by atoms with Crippen LogP contribution in [-0.4, -0.2) is 71.5 Å². The fourth-order valence-corrected chi connectivity index (χ4v) is 4.94. The number of nitrogens with zero attached hydrogens (tertiary/aromatic N) is 5. The number of hydrogen-bond donors (Lipinski definition) is 0. The highest BCUT2D eigenvalue weighted by atomic mass is 35.5. The van der Waals surface area contributed by atoms with Crippen LogP contribution in [0.3, 0.4) is 0 Å². The quantitative estimate of drug-likeness (QED) is 0.804. The molecule has 0 aromatic carbocycles. The van der Waals surface area contributed by atoms with Crippen molar-refractivity contribution in [2.45, 2.75) is 38.1 Å². The van der Waals surface area contributed by atoms with Gasteiger partial charge in [-0.1, -0.05) is 11.6 Å². The van der Waals surface area contributed by atoms with Crippen molar-refractivity contribution in [1.82, 2.24) is 19.8 Å². The number of anilines is 1. The molecule has 25 heavy (non-hydrogen) atoms. The summed E-state index contributed by atoms with van der Waals surface area (Å²) in [5, 5.41) is 0.428. The summed E-state index contributed by atoms with van der Waals surface area (Å²) < 4.78 is 0. The molecule has 3 saturated heterocycles. The van der Waals surface area contributed by atoms with Gasteiger partial charge in [-0.15, -0.1) is 0 Å². The molecular formula is C18H26ClN5O. The predicted molar refractivity (Wildman–Crippen MR) is 97.8 cm³/mol. The predicted octanol–water partition coefficient (Wildman–Crippen LogP) is 2.04. The third-order valence-corrected chi connectivity index (χ3v) is 6.45. The van der Waals surface area contributed by atoms with Gasteiger partial charge in [-0.2, -0.15) is 0 Å². The lowest BCUT2D eigenvalue weighted by molar-refractivity contribution is -0.139. The minimum Gasteiger partial charge on any atom is -0.353 e. The Morgan fingerprint density at radius 2 is 1.88 bits per heavy atom. The zero-order chi connectivity index (χ0) is 17.4. The molecule has 0 aliphatic carbocycles. The van der Waals surface area contributed by atoms with Crippen LogP contribution < -0.4 is 4.90 Å². The lowest BCUT2D eigenvalue weighted by Gasteiger charge is -2.41. The maximum Gasteiger partial charge on any atom is 0.230 e. The summed E-state index contributed by atoms with van der Waals surface area (Å²) in [6.07, 6.45) is 8.39. The van der Waals surface area contributed by atoms with Gasteiger partial charge in [0.2, 0.25) is 5.91 Å². The van der Waals surface area contributed by atoms with Gasteiger partial charge < -0.3 is 14.7 Å². The van der Waals surface area contributed by atoms with Gasteiger partial charge in [-0.3, -0.25) is 4.79 Å². The van der Waals surface area contributed by atoms with Gasteiger partial charge in [-0.25, -0.2) is 9.97 Å². The van der Waals surface area contributed by atoms with Crippen LogP contribution in [0.5, 0.6) is 0 Å². The van der Waals surface area contributed by atoms with Crippen LogP contribution in [0.2, 0.25) is 5.15 Å². The molecule has 136 valence electrons. The fourth-order valence-electron chi connectivity index (χ4n) is 4.72. The average Bonchev–Trinajstić information content (AvgIpc) is 2.92. The summed E-state index contributed by atoms with van der Waals surface area (Å²) in [5.41, 5.74) is -0.261. The second-order valence-corrected chi connectivity index (χ2v) is 8.12. The van der Waals surface area contributed by atoms with Crippen LogP contribution in [0, 0.1) is 5.41 Å². The standard InChI is InChI=1S/C18H26ClN5O/c1-22-10-3-14(4-11-22)24-12-6-18(17(24)25)5-2-9-23(13-18)16-15(19)20-7-8-21-16/h7-8,14H,2-6,9-13H2,1H3. The van der Waals surface area contributed by atoms with Gasteiger partial charge in [0.25, 0.3) is 0 Å². The Hall–Kier alpha value is -1.40. The van der Waals surface area contributed by atoms with Gasteiger partial charge in [0.1, 0.15) is 0 Å². The van der Waals surface area contributed by atoms with Crippen molar-refractivity contribution in [1.29, 1.82) is 0 Å². The zero-order valence-corrected chi connectivity index (χ0v) is 15.6. The Labute approximate surface area is 154 Å². The number of hydrogen-bond acceptors (Lipinski definition) is 5. The first-order chi connectivity index (χ1) is 12.1. The van der Waals surface area contributed by atoms with Crippen LogP contribution >= 0.6 is 11.6 Å². The van der Waals surface area contributed by atoms with Gasteiger partial charge >= 0.3 is 0 Å². The van der Waals surface area contributed by atoms with Crippen molar-refractivity contribution >= 4 is 23.3 Å². The fraction of sp³-hybridized carbons (Fsp3) is 0.722. The molecule has 4 heterocycles. The van der Waals surface area contributed by atoms with E-state index in [-0.39, 0.29) is 5.41 Å². The van der Waals surface area contributed by atoms with Crippen LogP contribution in [0.4, 0.5) is 5.82 Å². The van der Waals surface area contributed by atoms with Crippen LogP contribution in [0.15, 0.2) is 12.4 Å². The van der Waals surface area contributed by atoms with Crippen molar-refractivity contribution in [2.24, 2.45) is 5.41 Å². The first-order valence-electron chi connectivity index (χ1n) is 9.30. The Bertz CT molecular complexity index is 648. The SMILES string of the molecule is CN1CCC(N2CCC3(CCCN(c4nccnc4Cl)C3)C2=O)CC1. The minimum atomic E-state index is -0.261. The molecule has 0 saturated carbocycles. The lowest BCUT2D eigenvalue weighted by Crippen LogP contribution is -2.51. The Kier molecular flexibility index (Phi) is 4.58. The number of carbonyl (C=O) groups is 1. The summed E-state index contributed by atoms with van der Waals surface area (Å²) in [4.78, 5) is 28.6. The Morgan fingerprint density at radius 3 is 2.64 bits per heavy atom. The van der Waals surface area contributed by atoms with E-state index in [1.54, 1.807) is 12.4 Å². The first-order valence-corrected chi connectivity index (χ1v) is 9.68. The highest BCUT2D eigenvalue weighted by molar-refractivity contribution is 6.31. The Morgan fingerprint density at radius 1 is 1.12 bits per heavy atom. The molecule has 0 N–H and O–H groups in total. The van der Waals surface area contributed by atoms with Crippen molar-refractivity contribution in [3.8, 4) is 0 Å². The van der Waals surface area contributed by atoms with E-state index in [1.165, 1.54) is 0 Å². The molecular weight excluding hydrogens is 338 g/mol. The molecule has 3 aliphatic heterocycles. The number of rotatable bonds is 2. The number of likely N-dealkylation sites (tertiary alicyclic amines) is 2. The second kappa shape index (κ2) is 6.72. The molecule has 1 aromatic heterocycles. The van der Waals surface area contributed by atoms with E-state index in [4.69, 9.17) is 11.6 Å². The van der Waals surface area contributed by atoms with Gasteiger partial charge in [0, 0.05) is 38.1 Å². The molecule has 7 heteroatoms. The molecule has 1 atom stereocenters. The van der Waals surface area contributed by atoms with Crippen molar-refractivity contribution in [3.05, 3.63) is 17.5 Å². The van der Waals surface area contributed by atoms with E-state index in [9.17, 15) is 4.79 Å². The summed E-state index contributed by atoms with van der Waals surface area (Å²) in [6.45, 7) is 4.68. The smallest absolute Gasteiger partial charge is 0.230 e. The Balaban J connectivity index is 1.50. The molecule has 4 rings (SSSR count). The summed E-state index contributed by atoms with van der Waals surface area (Å²) in [7, 11) is 2.16. The monoisotopic (exact) mass is 363 g/mol. The number of halogens is 1. The normalized spacial score (nSPS) is 29.0. The topological polar surface area (TPSA) is 52.6 Å². The summed E-state index contributed by atoms with van der Waals surface area (Å²) in [6, 6.07) is 0.415. The maximum absolute atomic E-state index is 13.3.